The minimum absolute atomic E-state index is 0. The standard InChI is InChI=1S/5C10H22.Na.H/c5*1-3-5-7-9-10-8-6-4-2;;/h5*3-10H2,1-2H3;;. The molecule has 0 aromatic rings. The molecule has 0 N–H and O–H groups in total. The molecule has 1 heteroatoms. The van der Waals surface area contributed by atoms with Gasteiger partial charge in [-0.1, -0.05) is 326 Å². The van der Waals surface area contributed by atoms with Gasteiger partial charge in [0.1, 0.15) is 0 Å². The van der Waals surface area contributed by atoms with Crippen molar-refractivity contribution in [2.75, 3.05) is 0 Å². The predicted molar refractivity (Wildman–Crippen MR) is 249 cm³/mol. The van der Waals surface area contributed by atoms with Crippen LogP contribution in [0.3, 0.4) is 0 Å². The monoisotopic (exact) mass is 735 g/mol. The summed E-state index contributed by atoms with van der Waals surface area (Å²) in [7, 11) is 0. The first-order valence-corrected chi connectivity index (χ1v) is 24.6. The maximum absolute atomic E-state index is 2.27. The van der Waals surface area contributed by atoms with Crippen molar-refractivity contribution in [1.29, 1.82) is 0 Å². The SMILES string of the molecule is CCCCCCCCCC.CCCCCCCCCC.CCCCCCCCCC.CCCCCCCCCC.CCCCCCCCCC.[NaH]. The van der Waals surface area contributed by atoms with Crippen molar-refractivity contribution in [2.24, 2.45) is 0 Å². The van der Waals surface area contributed by atoms with Gasteiger partial charge >= 0.3 is 29.6 Å². The van der Waals surface area contributed by atoms with Crippen LogP contribution in [-0.2, 0) is 0 Å². The third-order valence-corrected chi connectivity index (χ3v) is 9.79. The second kappa shape index (κ2) is 75.8. The Morgan fingerprint density at radius 1 is 0.118 bits per heavy atom. The van der Waals surface area contributed by atoms with Gasteiger partial charge in [-0.2, -0.15) is 0 Å². The van der Waals surface area contributed by atoms with E-state index >= 15 is 0 Å². The first-order valence-electron chi connectivity index (χ1n) is 24.6. The van der Waals surface area contributed by atoms with Crippen molar-refractivity contribution in [1.82, 2.24) is 0 Å². The van der Waals surface area contributed by atoms with Gasteiger partial charge in [-0.05, 0) is 0 Å². The fourth-order valence-electron chi connectivity index (χ4n) is 6.04. The third kappa shape index (κ3) is 94.5. The van der Waals surface area contributed by atoms with Crippen molar-refractivity contribution in [3.8, 4) is 0 Å². The number of hydrogen-bond donors (Lipinski definition) is 0. The molecule has 51 heavy (non-hydrogen) atoms. The molecule has 0 radical (unpaired) electrons. The average Bonchev–Trinajstić information content (AvgIpc) is 3.13. The van der Waals surface area contributed by atoms with E-state index in [-0.39, 0.29) is 29.6 Å². The summed E-state index contributed by atoms with van der Waals surface area (Å²) in [5.41, 5.74) is 0. The molecule has 0 amide bonds. The van der Waals surface area contributed by atoms with Crippen molar-refractivity contribution >= 4 is 29.6 Å². The van der Waals surface area contributed by atoms with Crippen LogP contribution < -0.4 is 0 Å². The summed E-state index contributed by atoms with van der Waals surface area (Å²) in [5.74, 6) is 0. The van der Waals surface area contributed by atoms with Crippen LogP contribution in [0.25, 0.3) is 0 Å². The third-order valence-electron chi connectivity index (χ3n) is 9.79. The van der Waals surface area contributed by atoms with Crippen LogP contribution >= 0.6 is 0 Å². The molecular formula is C50H111Na. The van der Waals surface area contributed by atoms with Crippen molar-refractivity contribution < 1.29 is 0 Å². The molecule has 0 aromatic carbocycles. The number of rotatable bonds is 35. The van der Waals surface area contributed by atoms with Crippen molar-refractivity contribution in [3.63, 3.8) is 0 Å². The summed E-state index contributed by atoms with van der Waals surface area (Å²) in [4.78, 5) is 0. The van der Waals surface area contributed by atoms with E-state index < -0.39 is 0 Å². The van der Waals surface area contributed by atoms with Crippen LogP contribution in [0.15, 0.2) is 0 Å². The van der Waals surface area contributed by atoms with E-state index in [1.54, 1.807) is 0 Å². The van der Waals surface area contributed by atoms with Crippen LogP contribution in [0.4, 0.5) is 0 Å². The minimum atomic E-state index is 0. The van der Waals surface area contributed by atoms with Crippen LogP contribution in [0.1, 0.15) is 326 Å². The molecule has 0 aliphatic heterocycles. The van der Waals surface area contributed by atoms with Gasteiger partial charge in [-0.3, -0.25) is 0 Å². The van der Waals surface area contributed by atoms with E-state index in [1.165, 1.54) is 257 Å². The maximum atomic E-state index is 2.27. The molecule has 0 aliphatic rings. The Hall–Kier alpha value is 1.00. The molecule has 0 rings (SSSR count). The molecule has 0 nitrogen and oxygen atoms in total. The van der Waals surface area contributed by atoms with Gasteiger partial charge in [0.05, 0.1) is 0 Å². The second-order valence-electron chi connectivity index (χ2n) is 15.6. The van der Waals surface area contributed by atoms with E-state index in [2.05, 4.69) is 69.2 Å². The van der Waals surface area contributed by atoms with Crippen molar-refractivity contribution in [2.45, 2.75) is 326 Å². The van der Waals surface area contributed by atoms with Crippen LogP contribution in [0.5, 0.6) is 0 Å². The summed E-state index contributed by atoms with van der Waals surface area (Å²) in [6.45, 7) is 22.7. The Balaban J connectivity index is -0.000000123. The molecule has 0 aliphatic carbocycles. The van der Waals surface area contributed by atoms with E-state index in [1.807, 2.05) is 0 Å². The Morgan fingerprint density at radius 2 is 0.176 bits per heavy atom. The second-order valence-corrected chi connectivity index (χ2v) is 15.6. The fourth-order valence-corrected chi connectivity index (χ4v) is 6.04. The van der Waals surface area contributed by atoms with Crippen LogP contribution in [0.2, 0.25) is 0 Å². The molecule has 0 unspecified atom stereocenters. The average molecular weight is 735 g/mol. The molecule has 312 valence electrons. The van der Waals surface area contributed by atoms with Gasteiger partial charge < -0.3 is 0 Å². The number of unbranched alkanes of at least 4 members (excludes halogenated alkanes) is 35. The molecule has 0 aromatic heterocycles. The zero-order valence-electron chi connectivity index (χ0n) is 38.3. The molecular weight excluding hydrogens is 624 g/mol. The molecule has 0 bridgehead atoms. The normalized spacial score (nSPS) is 10.0. The summed E-state index contributed by atoms with van der Waals surface area (Å²) < 4.78 is 0. The topological polar surface area (TPSA) is 0 Å². The molecule has 0 saturated heterocycles. The number of hydrogen-bond acceptors (Lipinski definition) is 0. The van der Waals surface area contributed by atoms with Crippen molar-refractivity contribution in [3.05, 3.63) is 0 Å². The van der Waals surface area contributed by atoms with Crippen LogP contribution in [-0.4, -0.2) is 29.6 Å². The molecule has 0 heterocycles. The first kappa shape index (κ1) is 63.9. The Bertz CT molecular complexity index is 300. The predicted octanol–water partition coefficient (Wildman–Crippen LogP) is 20.1. The van der Waals surface area contributed by atoms with Gasteiger partial charge in [0.25, 0.3) is 0 Å². The summed E-state index contributed by atoms with van der Waals surface area (Å²) in [6.07, 6.45) is 57.3. The molecule has 0 atom stereocenters. The summed E-state index contributed by atoms with van der Waals surface area (Å²) >= 11 is 0. The van der Waals surface area contributed by atoms with Gasteiger partial charge in [0.2, 0.25) is 0 Å². The fraction of sp³-hybridized carbons (Fsp3) is 1.00. The van der Waals surface area contributed by atoms with E-state index in [4.69, 9.17) is 0 Å². The molecule has 0 spiro atoms. The Labute approximate surface area is 353 Å². The van der Waals surface area contributed by atoms with Gasteiger partial charge in [0, 0.05) is 0 Å². The van der Waals surface area contributed by atoms with Crippen LogP contribution in [0, 0.1) is 0 Å². The van der Waals surface area contributed by atoms with E-state index in [0.717, 1.165) is 0 Å². The molecule has 0 saturated carbocycles. The Kier molecular flexibility index (Phi) is 95.1. The zero-order valence-corrected chi connectivity index (χ0v) is 38.3. The van der Waals surface area contributed by atoms with E-state index in [0.29, 0.717) is 0 Å². The zero-order chi connectivity index (χ0) is 38.3. The summed E-state index contributed by atoms with van der Waals surface area (Å²) in [5, 5.41) is 0. The Morgan fingerprint density at radius 3 is 0.235 bits per heavy atom. The summed E-state index contributed by atoms with van der Waals surface area (Å²) in [6, 6.07) is 0. The quantitative estimate of drug-likeness (QED) is 0.0449. The van der Waals surface area contributed by atoms with Gasteiger partial charge in [-0.25, -0.2) is 0 Å². The van der Waals surface area contributed by atoms with Gasteiger partial charge in [-0.15, -0.1) is 0 Å². The first-order chi connectivity index (χ1) is 24.6. The molecule has 0 fully saturated rings. The van der Waals surface area contributed by atoms with E-state index in [9.17, 15) is 0 Å². The van der Waals surface area contributed by atoms with Gasteiger partial charge in [0.15, 0.2) is 0 Å².